The number of rotatable bonds is 0. The number of Topliss-reactive ketones (excluding diaryl/α,β-unsaturated/α-hetero) is 1. The van der Waals surface area contributed by atoms with Crippen molar-refractivity contribution in [2.45, 2.75) is 32.1 Å². The zero-order valence-electron chi connectivity index (χ0n) is 14.3. The summed E-state index contributed by atoms with van der Waals surface area (Å²) < 4.78 is 5.66. The van der Waals surface area contributed by atoms with Gasteiger partial charge in [-0.05, 0) is 23.6 Å². The van der Waals surface area contributed by atoms with Crippen molar-refractivity contribution in [1.82, 2.24) is 0 Å². The molecular weight excluding hydrogens is 354 g/mol. The fourth-order valence-electron chi connectivity index (χ4n) is 4.17. The van der Waals surface area contributed by atoms with Gasteiger partial charge in [-0.25, -0.2) is 0 Å². The van der Waals surface area contributed by atoms with Crippen molar-refractivity contribution >= 4 is 29.0 Å². The normalized spacial score (nSPS) is 26.2. The molecule has 1 spiro atoms. The first kappa shape index (κ1) is 16.7. The van der Waals surface area contributed by atoms with E-state index in [0.717, 1.165) is 0 Å². The number of ether oxygens (including phenoxy) is 1. The molecule has 0 saturated carbocycles. The topological polar surface area (TPSA) is 105 Å². The molecule has 1 amide bonds. The number of benzene rings is 1. The zero-order valence-corrected chi connectivity index (χ0v) is 15.0. The predicted octanol–water partition coefficient (Wildman–Crippen LogP) is 2.90. The molecule has 2 heterocycles. The van der Waals surface area contributed by atoms with Gasteiger partial charge in [-0.3, -0.25) is 9.59 Å². The predicted molar refractivity (Wildman–Crippen MR) is 94.7 cm³/mol. The number of nitrogens with one attached hydrogen (secondary N) is 1. The number of anilines is 1. The molecule has 1 aromatic rings. The summed E-state index contributed by atoms with van der Waals surface area (Å²) in [5, 5.41) is 12.9. The van der Waals surface area contributed by atoms with E-state index in [2.05, 4.69) is 5.32 Å². The first-order valence-electron chi connectivity index (χ1n) is 8.17. The van der Waals surface area contributed by atoms with Gasteiger partial charge in [-0.2, -0.15) is 5.26 Å². The highest BCUT2D eigenvalue weighted by molar-refractivity contribution is 6.31. The SMILES string of the molecule is CC1(C)CC(=O)C2=C(C1)OC(N)=C(C#N)[C@]21C(=O)Nc2ccc(Cl)cc21. The number of carbonyl (C=O) groups is 2. The van der Waals surface area contributed by atoms with Gasteiger partial charge in [0.25, 0.3) is 0 Å². The maximum Gasteiger partial charge on any atom is 0.245 e. The van der Waals surface area contributed by atoms with Gasteiger partial charge in [0.1, 0.15) is 22.8 Å². The van der Waals surface area contributed by atoms with Crippen molar-refractivity contribution in [2.24, 2.45) is 11.1 Å². The molecule has 1 atom stereocenters. The number of ketones is 1. The number of hydrogen-bond donors (Lipinski definition) is 2. The van der Waals surface area contributed by atoms with Crippen molar-refractivity contribution in [2.75, 3.05) is 5.32 Å². The number of carbonyl (C=O) groups excluding carboxylic acids is 2. The van der Waals surface area contributed by atoms with E-state index in [1.54, 1.807) is 18.2 Å². The van der Waals surface area contributed by atoms with Gasteiger partial charge in [-0.1, -0.05) is 25.4 Å². The minimum Gasteiger partial charge on any atom is -0.444 e. The van der Waals surface area contributed by atoms with Crippen molar-refractivity contribution in [3.63, 3.8) is 0 Å². The van der Waals surface area contributed by atoms with E-state index in [4.69, 9.17) is 22.1 Å². The molecule has 6 nitrogen and oxygen atoms in total. The molecule has 7 heteroatoms. The highest BCUT2D eigenvalue weighted by atomic mass is 35.5. The Morgan fingerprint density at radius 2 is 2.04 bits per heavy atom. The molecule has 0 fully saturated rings. The van der Waals surface area contributed by atoms with Gasteiger partial charge in [-0.15, -0.1) is 0 Å². The second-order valence-electron chi connectivity index (χ2n) is 7.59. The van der Waals surface area contributed by atoms with Gasteiger partial charge in [0.05, 0.1) is 5.57 Å². The Morgan fingerprint density at radius 3 is 2.73 bits per heavy atom. The molecule has 0 saturated heterocycles. The third-order valence-corrected chi connectivity index (χ3v) is 5.39. The number of nitriles is 1. The van der Waals surface area contributed by atoms with Crippen LogP contribution in [0.2, 0.25) is 5.02 Å². The van der Waals surface area contributed by atoms with Gasteiger partial charge < -0.3 is 15.8 Å². The van der Waals surface area contributed by atoms with Crippen molar-refractivity contribution in [3.05, 3.63) is 51.6 Å². The van der Waals surface area contributed by atoms with Crippen LogP contribution in [0.5, 0.6) is 0 Å². The molecule has 0 aromatic heterocycles. The minimum absolute atomic E-state index is 0.0807. The molecule has 1 aliphatic carbocycles. The van der Waals surface area contributed by atoms with E-state index < -0.39 is 11.3 Å². The summed E-state index contributed by atoms with van der Waals surface area (Å²) in [4.78, 5) is 26.2. The third-order valence-electron chi connectivity index (χ3n) is 5.15. The summed E-state index contributed by atoms with van der Waals surface area (Å²) in [5.74, 6) is -0.511. The van der Waals surface area contributed by atoms with Gasteiger partial charge in [0.2, 0.25) is 11.8 Å². The Bertz CT molecular complexity index is 1000. The first-order valence-corrected chi connectivity index (χ1v) is 8.55. The number of halogens is 1. The minimum atomic E-state index is -1.61. The van der Waals surface area contributed by atoms with Crippen molar-refractivity contribution in [3.8, 4) is 6.07 Å². The molecule has 4 rings (SSSR count). The number of nitrogens with two attached hydrogens (primary N) is 1. The van der Waals surface area contributed by atoms with E-state index in [1.165, 1.54) is 0 Å². The lowest BCUT2D eigenvalue weighted by atomic mass is 9.62. The van der Waals surface area contributed by atoms with Crippen LogP contribution >= 0.6 is 11.6 Å². The molecule has 132 valence electrons. The highest BCUT2D eigenvalue weighted by Crippen LogP contribution is 2.56. The molecular formula is C19H16ClN3O3. The molecule has 26 heavy (non-hydrogen) atoms. The number of nitrogens with zero attached hydrogens (tertiary/aromatic N) is 1. The zero-order chi connectivity index (χ0) is 18.9. The lowest BCUT2D eigenvalue weighted by Crippen LogP contribution is -2.48. The van der Waals surface area contributed by atoms with Crippen LogP contribution in [0.25, 0.3) is 0 Å². The molecule has 3 aliphatic rings. The van der Waals surface area contributed by atoms with Crippen LogP contribution in [0, 0.1) is 16.7 Å². The molecule has 0 radical (unpaired) electrons. The molecule has 2 aliphatic heterocycles. The first-order chi connectivity index (χ1) is 12.2. The Labute approximate surface area is 155 Å². The van der Waals surface area contributed by atoms with E-state index in [1.807, 2.05) is 19.9 Å². The fourth-order valence-corrected chi connectivity index (χ4v) is 4.34. The monoisotopic (exact) mass is 369 g/mol. The number of fused-ring (bicyclic) bond motifs is 3. The summed E-state index contributed by atoms with van der Waals surface area (Å²) in [6.07, 6.45) is 0.692. The maximum atomic E-state index is 13.2. The van der Waals surface area contributed by atoms with E-state index in [9.17, 15) is 14.9 Å². The molecule has 1 aromatic carbocycles. The van der Waals surface area contributed by atoms with E-state index in [-0.39, 0.29) is 34.6 Å². The molecule has 0 bridgehead atoms. The summed E-state index contributed by atoms with van der Waals surface area (Å²) in [6.45, 7) is 3.90. The van der Waals surface area contributed by atoms with Crippen LogP contribution in [-0.4, -0.2) is 11.7 Å². The highest BCUT2D eigenvalue weighted by Gasteiger charge is 2.60. The van der Waals surface area contributed by atoms with E-state index >= 15 is 0 Å². The van der Waals surface area contributed by atoms with Crippen LogP contribution in [0.15, 0.2) is 41.0 Å². The lowest BCUT2D eigenvalue weighted by Gasteiger charge is -2.41. The average Bonchev–Trinajstić information content (AvgIpc) is 2.79. The van der Waals surface area contributed by atoms with Gasteiger partial charge in [0, 0.05) is 29.1 Å². The molecule has 0 unspecified atom stereocenters. The Kier molecular flexibility index (Phi) is 3.28. The number of amides is 1. The Balaban J connectivity index is 2.10. The lowest BCUT2D eigenvalue weighted by molar-refractivity contribution is -0.124. The van der Waals surface area contributed by atoms with E-state index in [0.29, 0.717) is 28.5 Å². The summed E-state index contributed by atoms with van der Waals surface area (Å²) in [6, 6.07) is 6.88. The van der Waals surface area contributed by atoms with Crippen molar-refractivity contribution in [1.29, 1.82) is 5.26 Å². The summed E-state index contributed by atoms with van der Waals surface area (Å²) in [7, 11) is 0. The standard InChI is InChI=1S/C19H16ClN3O3/c1-18(2)6-13(24)15-14(7-18)26-16(22)11(8-21)19(15)10-5-9(20)3-4-12(10)23-17(19)25/h3-5H,6-7,22H2,1-2H3,(H,23,25)/t19-/m0/s1. The summed E-state index contributed by atoms with van der Waals surface area (Å²) >= 11 is 6.16. The van der Waals surface area contributed by atoms with Crippen LogP contribution in [0.1, 0.15) is 32.3 Å². The van der Waals surface area contributed by atoms with Gasteiger partial charge >= 0.3 is 0 Å². The average molecular weight is 370 g/mol. The fraction of sp³-hybridized carbons (Fsp3) is 0.316. The smallest absolute Gasteiger partial charge is 0.245 e. The second-order valence-corrected chi connectivity index (χ2v) is 8.02. The molecule has 3 N–H and O–H groups in total. The Hall–Kier alpha value is -2.78. The van der Waals surface area contributed by atoms with Gasteiger partial charge in [0.15, 0.2) is 5.78 Å². The number of hydrogen-bond acceptors (Lipinski definition) is 5. The third kappa shape index (κ3) is 1.98. The Morgan fingerprint density at radius 1 is 1.31 bits per heavy atom. The maximum absolute atomic E-state index is 13.2. The van der Waals surface area contributed by atoms with Crippen LogP contribution in [-0.2, 0) is 19.7 Å². The van der Waals surface area contributed by atoms with Crippen LogP contribution in [0.3, 0.4) is 0 Å². The largest absolute Gasteiger partial charge is 0.444 e. The van der Waals surface area contributed by atoms with Crippen LogP contribution < -0.4 is 11.1 Å². The second kappa shape index (κ2) is 5.12. The van der Waals surface area contributed by atoms with Crippen molar-refractivity contribution < 1.29 is 14.3 Å². The summed E-state index contributed by atoms with van der Waals surface area (Å²) in [5.41, 5.74) is 5.16. The van der Waals surface area contributed by atoms with Crippen LogP contribution in [0.4, 0.5) is 5.69 Å². The number of allylic oxidation sites excluding steroid dienone is 1. The quantitative estimate of drug-likeness (QED) is 0.731.